The van der Waals surface area contributed by atoms with Gasteiger partial charge in [-0.1, -0.05) is 0 Å². The Labute approximate surface area is 124 Å². The van der Waals surface area contributed by atoms with Crippen molar-refractivity contribution in [1.29, 1.82) is 0 Å². The number of ether oxygens (including phenoxy) is 2. The van der Waals surface area contributed by atoms with Crippen LogP contribution in [0.4, 0.5) is 0 Å². The lowest BCUT2D eigenvalue weighted by molar-refractivity contribution is 0.0826. The summed E-state index contributed by atoms with van der Waals surface area (Å²) in [5.41, 5.74) is 0. The third-order valence-electron chi connectivity index (χ3n) is 2.77. The second kappa shape index (κ2) is 8.30. The van der Waals surface area contributed by atoms with Crippen molar-refractivity contribution in [2.24, 2.45) is 0 Å². The van der Waals surface area contributed by atoms with E-state index in [1.165, 1.54) is 19.2 Å². The fraction of sp³-hybridized carbons (Fsp3) is 0.538. The lowest BCUT2D eigenvalue weighted by Crippen LogP contribution is -2.35. The van der Waals surface area contributed by atoms with E-state index in [-0.39, 0.29) is 11.4 Å². The minimum Gasteiger partial charge on any atom is -0.491 e. The Morgan fingerprint density at radius 1 is 1.24 bits per heavy atom. The molecule has 0 radical (unpaired) electrons. The predicted octanol–water partition coefficient (Wildman–Crippen LogP) is -0.314. The molecular weight excluding hydrogens is 298 g/mol. The highest BCUT2D eigenvalue weighted by Crippen LogP contribution is 2.19. The molecule has 120 valence electrons. The summed E-state index contributed by atoms with van der Waals surface area (Å²) in [6, 6.07) is 5.97. The van der Waals surface area contributed by atoms with Gasteiger partial charge >= 0.3 is 0 Å². The van der Waals surface area contributed by atoms with Crippen LogP contribution in [0, 0.1) is 0 Å². The van der Waals surface area contributed by atoms with E-state index in [0.29, 0.717) is 19.0 Å². The van der Waals surface area contributed by atoms with Gasteiger partial charge in [0.05, 0.1) is 24.2 Å². The first-order chi connectivity index (χ1) is 9.91. The normalized spacial score (nSPS) is 13.4. The van der Waals surface area contributed by atoms with Crippen LogP contribution in [0.5, 0.6) is 5.75 Å². The predicted molar refractivity (Wildman–Crippen MR) is 76.7 cm³/mol. The van der Waals surface area contributed by atoms with E-state index in [9.17, 15) is 13.5 Å². The summed E-state index contributed by atoms with van der Waals surface area (Å²) >= 11 is 0. The molecular formula is C13H21NO6S. The smallest absolute Gasteiger partial charge is 0.242 e. The largest absolute Gasteiger partial charge is 0.491 e. The van der Waals surface area contributed by atoms with Gasteiger partial charge in [-0.25, -0.2) is 8.42 Å². The minimum atomic E-state index is -3.70. The first kappa shape index (κ1) is 17.9. The minimum absolute atomic E-state index is 0.0919. The summed E-state index contributed by atoms with van der Waals surface area (Å²) in [5, 5.41) is 18.1. The number of likely N-dealkylation sites (N-methyl/N-ethyl adjacent to an activating group) is 1. The van der Waals surface area contributed by atoms with Crippen molar-refractivity contribution >= 4 is 10.0 Å². The van der Waals surface area contributed by atoms with Gasteiger partial charge in [-0.2, -0.15) is 4.31 Å². The highest BCUT2D eigenvalue weighted by molar-refractivity contribution is 7.89. The van der Waals surface area contributed by atoms with Crippen molar-refractivity contribution in [1.82, 2.24) is 4.31 Å². The summed E-state index contributed by atoms with van der Waals surface area (Å²) in [4.78, 5) is 0.0919. The van der Waals surface area contributed by atoms with E-state index in [1.54, 1.807) is 19.2 Å². The second-order valence-corrected chi connectivity index (χ2v) is 6.48. The molecule has 1 rings (SSSR count). The second-order valence-electron chi connectivity index (χ2n) is 4.43. The maximum Gasteiger partial charge on any atom is 0.242 e. The molecule has 1 atom stereocenters. The van der Waals surface area contributed by atoms with Crippen LogP contribution in [0.3, 0.4) is 0 Å². The van der Waals surface area contributed by atoms with Gasteiger partial charge in [-0.3, -0.25) is 0 Å². The molecule has 7 nitrogen and oxygen atoms in total. The van der Waals surface area contributed by atoms with E-state index < -0.39 is 22.7 Å². The number of hydrogen-bond acceptors (Lipinski definition) is 6. The van der Waals surface area contributed by atoms with Crippen molar-refractivity contribution in [2.45, 2.75) is 11.0 Å². The lowest BCUT2D eigenvalue weighted by atomic mass is 10.3. The molecule has 21 heavy (non-hydrogen) atoms. The van der Waals surface area contributed by atoms with Gasteiger partial charge in [0.15, 0.2) is 0 Å². The summed E-state index contributed by atoms with van der Waals surface area (Å²) in [5.74, 6) is 0.545. The third kappa shape index (κ3) is 5.25. The number of sulfonamides is 1. The Balaban J connectivity index is 2.75. The monoisotopic (exact) mass is 319 g/mol. The number of benzene rings is 1. The maximum absolute atomic E-state index is 12.2. The van der Waals surface area contributed by atoms with Crippen LogP contribution in [0.15, 0.2) is 29.2 Å². The topological polar surface area (TPSA) is 96.3 Å². The Bertz CT molecular complexity index is 516. The molecule has 0 aliphatic heterocycles. The van der Waals surface area contributed by atoms with Crippen LogP contribution in [0.25, 0.3) is 0 Å². The van der Waals surface area contributed by atoms with E-state index in [4.69, 9.17) is 14.6 Å². The first-order valence-corrected chi connectivity index (χ1v) is 7.83. The molecule has 0 heterocycles. The molecule has 1 aromatic carbocycles. The van der Waals surface area contributed by atoms with E-state index in [2.05, 4.69) is 0 Å². The fourth-order valence-electron chi connectivity index (χ4n) is 1.58. The molecule has 0 bridgehead atoms. The van der Waals surface area contributed by atoms with Crippen molar-refractivity contribution < 1.29 is 28.1 Å². The summed E-state index contributed by atoms with van der Waals surface area (Å²) < 4.78 is 35.6. The Hall–Kier alpha value is -1.19. The fourth-order valence-corrected chi connectivity index (χ4v) is 2.79. The molecule has 8 heteroatoms. The van der Waals surface area contributed by atoms with Crippen molar-refractivity contribution in [3.8, 4) is 5.75 Å². The molecule has 0 aliphatic carbocycles. The van der Waals surface area contributed by atoms with Gasteiger partial charge < -0.3 is 19.7 Å². The third-order valence-corrected chi connectivity index (χ3v) is 4.60. The van der Waals surface area contributed by atoms with E-state index in [1.807, 2.05) is 0 Å². The number of hydrogen-bond donors (Lipinski definition) is 2. The SMILES string of the molecule is COCCOc1ccc(S(=O)(=O)N(C)C[C@H](O)CO)cc1. The molecule has 0 unspecified atom stereocenters. The molecule has 1 aromatic rings. The number of aliphatic hydroxyl groups is 2. The molecule has 2 N–H and O–H groups in total. The highest BCUT2D eigenvalue weighted by Gasteiger charge is 2.22. The van der Waals surface area contributed by atoms with E-state index in [0.717, 1.165) is 4.31 Å². The Morgan fingerprint density at radius 2 is 1.86 bits per heavy atom. The van der Waals surface area contributed by atoms with Crippen LogP contribution in [0.1, 0.15) is 0 Å². The summed E-state index contributed by atoms with van der Waals surface area (Å²) in [6.45, 7) is 0.157. The van der Waals surface area contributed by atoms with Crippen molar-refractivity contribution in [3.05, 3.63) is 24.3 Å². The van der Waals surface area contributed by atoms with E-state index >= 15 is 0 Å². The number of aliphatic hydroxyl groups excluding tert-OH is 2. The molecule has 0 saturated heterocycles. The van der Waals surface area contributed by atoms with Crippen LogP contribution < -0.4 is 4.74 Å². The number of methoxy groups -OCH3 is 1. The molecule has 0 spiro atoms. The van der Waals surface area contributed by atoms with Crippen molar-refractivity contribution in [2.75, 3.05) is 40.5 Å². The average Bonchev–Trinajstić information content (AvgIpc) is 2.47. The zero-order chi connectivity index (χ0) is 15.9. The number of rotatable bonds is 9. The average molecular weight is 319 g/mol. The lowest BCUT2D eigenvalue weighted by Gasteiger charge is -2.19. The highest BCUT2D eigenvalue weighted by atomic mass is 32.2. The molecule has 0 aromatic heterocycles. The molecule has 0 saturated carbocycles. The van der Waals surface area contributed by atoms with Crippen molar-refractivity contribution in [3.63, 3.8) is 0 Å². The quantitative estimate of drug-likeness (QED) is 0.606. The van der Waals surface area contributed by atoms with Crippen LogP contribution >= 0.6 is 0 Å². The van der Waals surface area contributed by atoms with Gasteiger partial charge in [0.1, 0.15) is 12.4 Å². The Kier molecular flexibility index (Phi) is 7.06. The van der Waals surface area contributed by atoms with Gasteiger partial charge in [0.2, 0.25) is 10.0 Å². The Morgan fingerprint density at radius 3 is 2.38 bits per heavy atom. The summed E-state index contributed by atoms with van der Waals surface area (Å²) in [6.07, 6.45) is -1.11. The van der Waals surface area contributed by atoms with Crippen LogP contribution in [-0.2, 0) is 14.8 Å². The van der Waals surface area contributed by atoms with Gasteiger partial charge in [0.25, 0.3) is 0 Å². The van der Waals surface area contributed by atoms with Gasteiger partial charge in [-0.15, -0.1) is 0 Å². The first-order valence-electron chi connectivity index (χ1n) is 6.39. The van der Waals surface area contributed by atoms with Crippen LogP contribution in [0.2, 0.25) is 0 Å². The zero-order valence-corrected chi connectivity index (χ0v) is 12.9. The van der Waals surface area contributed by atoms with Gasteiger partial charge in [0, 0.05) is 20.7 Å². The molecule has 0 fully saturated rings. The van der Waals surface area contributed by atoms with Crippen LogP contribution in [-0.4, -0.2) is 69.6 Å². The molecule has 0 aliphatic rings. The zero-order valence-electron chi connectivity index (χ0n) is 12.1. The molecule has 0 amide bonds. The standard InChI is InChI=1S/C13H21NO6S/c1-14(9-11(16)10-15)21(17,18)13-5-3-12(4-6-13)20-8-7-19-2/h3-6,11,15-16H,7-10H2,1-2H3/t11-/m0/s1. The number of nitrogens with zero attached hydrogens (tertiary/aromatic N) is 1. The maximum atomic E-state index is 12.2. The van der Waals surface area contributed by atoms with Gasteiger partial charge in [-0.05, 0) is 24.3 Å². The summed E-state index contributed by atoms with van der Waals surface area (Å²) in [7, 11) is -0.794.